The van der Waals surface area contributed by atoms with Crippen molar-refractivity contribution in [3.8, 4) is 0 Å². The summed E-state index contributed by atoms with van der Waals surface area (Å²) in [7, 11) is 3.49. The molecule has 4 heteroatoms. The van der Waals surface area contributed by atoms with Crippen LogP contribution in [-0.2, 0) is 11.8 Å². The maximum atomic E-state index is 10.7. The van der Waals surface area contributed by atoms with Crippen LogP contribution in [0.2, 0.25) is 0 Å². The number of nitrogens with one attached hydrogen (secondary N) is 1. The fraction of sp³-hybridized carbons (Fsp3) is 0.375. The molecule has 0 saturated heterocycles. The van der Waals surface area contributed by atoms with Crippen LogP contribution in [0.15, 0.2) is 18.5 Å². The number of aromatic nitrogens is 1. The molecule has 4 nitrogen and oxygen atoms in total. The second-order valence-corrected chi connectivity index (χ2v) is 2.67. The average Bonchev–Trinajstić information content (AvgIpc) is 2.37. The number of hydrogen-bond acceptors (Lipinski definition) is 2. The number of aliphatic carboxylic acids is 1. The average molecular weight is 168 g/mol. The maximum Gasteiger partial charge on any atom is 0.325 e. The smallest absolute Gasteiger partial charge is 0.325 e. The third-order valence-electron chi connectivity index (χ3n) is 1.72. The minimum Gasteiger partial charge on any atom is -0.480 e. The maximum absolute atomic E-state index is 10.7. The van der Waals surface area contributed by atoms with Gasteiger partial charge in [-0.15, -0.1) is 0 Å². The van der Waals surface area contributed by atoms with E-state index in [4.69, 9.17) is 5.11 Å². The van der Waals surface area contributed by atoms with Crippen LogP contribution in [0.3, 0.4) is 0 Å². The van der Waals surface area contributed by atoms with Crippen molar-refractivity contribution in [2.75, 3.05) is 7.05 Å². The number of carbonyl (C=O) groups is 1. The molecule has 66 valence electrons. The van der Waals surface area contributed by atoms with Gasteiger partial charge in [0.25, 0.3) is 0 Å². The second-order valence-electron chi connectivity index (χ2n) is 2.67. The van der Waals surface area contributed by atoms with Crippen LogP contribution in [0.5, 0.6) is 0 Å². The summed E-state index contributed by atoms with van der Waals surface area (Å²) in [6.45, 7) is 0. The first-order valence-electron chi connectivity index (χ1n) is 3.67. The van der Waals surface area contributed by atoms with Crippen LogP contribution in [0.1, 0.15) is 11.6 Å². The third-order valence-corrected chi connectivity index (χ3v) is 1.72. The summed E-state index contributed by atoms with van der Waals surface area (Å²) in [5, 5.41) is 11.5. The number of aryl methyl sites for hydroxylation is 1. The van der Waals surface area contributed by atoms with Gasteiger partial charge in [0.05, 0.1) is 0 Å². The molecule has 0 aliphatic carbocycles. The molecule has 0 aliphatic rings. The number of rotatable bonds is 3. The Kier molecular flexibility index (Phi) is 2.50. The van der Waals surface area contributed by atoms with Crippen molar-refractivity contribution in [3.05, 3.63) is 24.0 Å². The van der Waals surface area contributed by atoms with Crippen LogP contribution in [0, 0.1) is 0 Å². The summed E-state index contributed by atoms with van der Waals surface area (Å²) in [5.41, 5.74) is 0.771. The predicted octanol–water partition coefficient (Wildman–Crippen LogP) is 0.370. The van der Waals surface area contributed by atoms with Crippen LogP contribution >= 0.6 is 0 Å². The number of likely N-dealkylation sites (N-methyl/N-ethyl adjacent to an activating group) is 1. The molecule has 0 aliphatic heterocycles. The van der Waals surface area contributed by atoms with Gasteiger partial charge in [0.15, 0.2) is 0 Å². The van der Waals surface area contributed by atoms with Gasteiger partial charge in [0.2, 0.25) is 0 Å². The van der Waals surface area contributed by atoms with Crippen molar-refractivity contribution in [1.29, 1.82) is 0 Å². The number of carboxylic acids is 1. The van der Waals surface area contributed by atoms with Gasteiger partial charge in [0, 0.05) is 19.4 Å². The van der Waals surface area contributed by atoms with Crippen molar-refractivity contribution in [2.45, 2.75) is 6.04 Å². The standard InChI is InChI=1S/C8H12N2O2/c1-9-7(8(11)12)6-3-4-10(2)5-6/h3-5,7,9H,1-2H3,(H,11,12). The van der Waals surface area contributed by atoms with Crippen LogP contribution in [0.4, 0.5) is 0 Å². The SMILES string of the molecule is CNC(C(=O)O)c1ccn(C)c1. The van der Waals surface area contributed by atoms with E-state index >= 15 is 0 Å². The van der Waals surface area contributed by atoms with Crippen molar-refractivity contribution in [2.24, 2.45) is 7.05 Å². The quantitative estimate of drug-likeness (QED) is 0.685. The summed E-state index contributed by atoms with van der Waals surface area (Å²) in [6, 6.07) is 1.18. The van der Waals surface area contributed by atoms with E-state index in [1.807, 2.05) is 17.8 Å². The minimum absolute atomic E-state index is 0.605. The Labute approximate surface area is 70.8 Å². The summed E-state index contributed by atoms with van der Waals surface area (Å²) >= 11 is 0. The van der Waals surface area contributed by atoms with Crippen molar-refractivity contribution < 1.29 is 9.90 Å². The molecule has 12 heavy (non-hydrogen) atoms. The van der Waals surface area contributed by atoms with E-state index in [9.17, 15) is 4.79 Å². The van der Waals surface area contributed by atoms with Crippen molar-refractivity contribution in [3.63, 3.8) is 0 Å². The number of nitrogens with zero attached hydrogens (tertiary/aromatic N) is 1. The first-order chi connectivity index (χ1) is 5.65. The van der Waals surface area contributed by atoms with Gasteiger partial charge in [-0.1, -0.05) is 0 Å². The van der Waals surface area contributed by atoms with Gasteiger partial charge in [-0.2, -0.15) is 0 Å². The Morgan fingerprint density at radius 1 is 1.75 bits per heavy atom. The molecule has 1 atom stereocenters. The monoisotopic (exact) mass is 168 g/mol. The highest BCUT2D eigenvalue weighted by Crippen LogP contribution is 2.11. The topological polar surface area (TPSA) is 54.3 Å². The molecular weight excluding hydrogens is 156 g/mol. The number of hydrogen-bond donors (Lipinski definition) is 2. The fourth-order valence-corrected chi connectivity index (χ4v) is 1.13. The largest absolute Gasteiger partial charge is 0.480 e. The van der Waals surface area contributed by atoms with Gasteiger partial charge in [0.1, 0.15) is 6.04 Å². The Bertz CT molecular complexity index is 280. The van der Waals surface area contributed by atoms with Crippen LogP contribution < -0.4 is 5.32 Å². The minimum atomic E-state index is -0.858. The van der Waals surface area contributed by atoms with Crippen LogP contribution in [-0.4, -0.2) is 22.7 Å². The van der Waals surface area contributed by atoms with E-state index in [2.05, 4.69) is 5.32 Å². The first-order valence-corrected chi connectivity index (χ1v) is 3.67. The zero-order chi connectivity index (χ0) is 9.14. The summed E-state index contributed by atoms with van der Waals surface area (Å²) < 4.78 is 1.82. The molecule has 1 unspecified atom stereocenters. The molecule has 0 spiro atoms. The second kappa shape index (κ2) is 3.40. The highest BCUT2D eigenvalue weighted by atomic mass is 16.4. The summed E-state index contributed by atoms with van der Waals surface area (Å²) in [6.07, 6.45) is 3.61. The Hall–Kier alpha value is -1.29. The third kappa shape index (κ3) is 1.65. The van der Waals surface area contributed by atoms with Gasteiger partial charge >= 0.3 is 5.97 Å². The summed E-state index contributed by atoms with van der Waals surface area (Å²) in [4.78, 5) is 10.7. The lowest BCUT2D eigenvalue weighted by atomic mass is 10.1. The zero-order valence-electron chi connectivity index (χ0n) is 7.11. The van der Waals surface area contributed by atoms with Gasteiger partial charge < -0.3 is 15.0 Å². The Morgan fingerprint density at radius 2 is 2.42 bits per heavy atom. The lowest BCUT2D eigenvalue weighted by Crippen LogP contribution is -2.24. The van der Waals surface area contributed by atoms with E-state index in [1.165, 1.54) is 0 Å². The van der Waals surface area contributed by atoms with E-state index < -0.39 is 12.0 Å². The van der Waals surface area contributed by atoms with Gasteiger partial charge in [-0.25, -0.2) is 0 Å². The Balaban J connectivity index is 2.87. The highest BCUT2D eigenvalue weighted by molar-refractivity contribution is 5.75. The summed E-state index contributed by atoms with van der Waals surface area (Å²) in [5.74, 6) is -0.858. The molecule has 1 aromatic heterocycles. The van der Waals surface area contributed by atoms with Crippen LogP contribution in [0.25, 0.3) is 0 Å². The fourth-order valence-electron chi connectivity index (χ4n) is 1.13. The molecule has 0 bridgehead atoms. The van der Waals surface area contributed by atoms with E-state index in [-0.39, 0.29) is 0 Å². The van der Waals surface area contributed by atoms with Crippen molar-refractivity contribution >= 4 is 5.97 Å². The van der Waals surface area contributed by atoms with E-state index in [1.54, 1.807) is 19.3 Å². The first kappa shape index (κ1) is 8.80. The van der Waals surface area contributed by atoms with E-state index in [0.717, 1.165) is 5.56 Å². The van der Waals surface area contributed by atoms with Gasteiger partial charge in [-0.3, -0.25) is 4.79 Å². The zero-order valence-corrected chi connectivity index (χ0v) is 7.11. The molecular formula is C8H12N2O2. The number of carboxylic acid groups (broad SMARTS) is 1. The van der Waals surface area contributed by atoms with Gasteiger partial charge in [-0.05, 0) is 18.7 Å². The van der Waals surface area contributed by atoms with E-state index in [0.29, 0.717) is 0 Å². The molecule has 1 rings (SSSR count). The molecule has 0 aromatic carbocycles. The molecule has 0 radical (unpaired) electrons. The lowest BCUT2D eigenvalue weighted by Gasteiger charge is -2.07. The normalized spacial score (nSPS) is 12.8. The molecule has 0 fully saturated rings. The predicted molar refractivity (Wildman–Crippen MR) is 44.8 cm³/mol. The van der Waals surface area contributed by atoms with Crippen molar-refractivity contribution in [1.82, 2.24) is 9.88 Å². The molecule has 1 aromatic rings. The molecule has 1 heterocycles. The Morgan fingerprint density at radius 3 is 2.75 bits per heavy atom. The highest BCUT2D eigenvalue weighted by Gasteiger charge is 2.17. The molecule has 0 amide bonds. The molecule has 2 N–H and O–H groups in total. The molecule has 0 saturated carbocycles. The lowest BCUT2D eigenvalue weighted by molar-refractivity contribution is -0.139.